The number of nitrogens with one attached hydrogen (secondary N) is 1. The van der Waals surface area contributed by atoms with Crippen molar-refractivity contribution in [3.63, 3.8) is 0 Å². The van der Waals surface area contributed by atoms with Crippen LogP contribution in [0, 0.1) is 0 Å². The minimum Gasteiger partial charge on any atom is -0.497 e. The van der Waals surface area contributed by atoms with Gasteiger partial charge in [0.15, 0.2) is 5.75 Å². The van der Waals surface area contributed by atoms with Gasteiger partial charge < -0.3 is 14.2 Å². The maximum absolute atomic E-state index is 12.9. The summed E-state index contributed by atoms with van der Waals surface area (Å²) >= 11 is 0. The van der Waals surface area contributed by atoms with Crippen molar-refractivity contribution in [2.24, 2.45) is 0 Å². The van der Waals surface area contributed by atoms with Crippen LogP contribution >= 0.6 is 0 Å². The van der Waals surface area contributed by atoms with Crippen molar-refractivity contribution in [3.8, 4) is 23.0 Å². The second-order valence-electron chi connectivity index (χ2n) is 5.53. The first-order valence-corrected chi connectivity index (χ1v) is 9.58. The highest BCUT2D eigenvalue weighted by Crippen LogP contribution is 2.34. The lowest BCUT2D eigenvalue weighted by atomic mass is 10.3. The fourth-order valence-electron chi connectivity index (χ4n) is 2.45. The average Bonchev–Trinajstić information content (AvgIpc) is 2.69. The average molecular weight is 385 g/mol. The largest absolute Gasteiger partial charge is 0.497 e. The van der Waals surface area contributed by atoms with Gasteiger partial charge in [0.2, 0.25) is 0 Å². The van der Waals surface area contributed by atoms with E-state index in [4.69, 9.17) is 14.2 Å². The summed E-state index contributed by atoms with van der Waals surface area (Å²) in [6.45, 7) is 0. The van der Waals surface area contributed by atoms with Crippen LogP contribution in [0.25, 0.3) is 0 Å². The van der Waals surface area contributed by atoms with Gasteiger partial charge in [0.05, 0.1) is 19.9 Å². The summed E-state index contributed by atoms with van der Waals surface area (Å²) in [6.07, 6.45) is 0. The highest BCUT2D eigenvalue weighted by atomic mass is 32.2. The summed E-state index contributed by atoms with van der Waals surface area (Å²) in [5.41, 5.74) is 0.319. The molecule has 3 aromatic carbocycles. The zero-order chi connectivity index (χ0) is 19.3. The Labute approximate surface area is 158 Å². The summed E-state index contributed by atoms with van der Waals surface area (Å²) < 4.78 is 44.5. The van der Waals surface area contributed by atoms with E-state index in [1.807, 2.05) is 18.2 Å². The van der Waals surface area contributed by atoms with Gasteiger partial charge in [0, 0.05) is 6.07 Å². The predicted molar refractivity (Wildman–Crippen MR) is 103 cm³/mol. The number of hydrogen-bond acceptors (Lipinski definition) is 5. The molecule has 7 heteroatoms. The predicted octanol–water partition coefficient (Wildman–Crippen LogP) is 4.30. The van der Waals surface area contributed by atoms with Crippen LogP contribution in [0.1, 0.15) is 0 Å². The fourth-order valence-corrected chi connectivity index (χ4v) is 3.67. The minimum absolute atomic E-state index is 0.000291. The molecular formula is C20H19NO5S. The Morgan fingerprint density at radius 2 is 1.44 bits per heavy atom. The lowest BCUT2D eigenvalue weighted by Gasteiger charge is -2.15. The lowest BCUT2D eigenvalue weighted by Crippen LogP contribution is -2.14. The second-order valence-corrected chi connectivity index (χ2v) is 7.18. The van der Waals surface area contributed by atoms with Crippen molar-refractivity contribution in [1.82, 2.24) is 0 Å². The van der Waals surface area contributed by atoms with Crippen LogP contribution in [0.5, 0.6) is 23.0 Å². The number of ether oxygens (including phenoxy) is 3. The third-order valence-corrected chi connectivity index (χ3v) is 5.17. The first-order valence-electron chi connectivity index (χ1n) is 8.10. The number of rotatable bonds is 7. The molecule has 0 saturated carbocycles. The molecule has 3 aromatic rings. The van der Waals surface area contributed by atoms with Gasteiger partial charge in [-0.2, -0.15) is 0 Å². The molecule has 0 aromatic heterocycles. The van der Waals surface area contributed by atoms with E-state index < -0.39 is 10.0 Å². The monoisotopic (exact) mass is 385 g/mol. The van der Waals surface area contributed by atoms with Gasteiger partial charge >= 0.3 is 0 Å². The zero-order valence-electron chi connectivity index (χ0n) is 14.9. The third-order valence-electron chi connectivity index (χ3n) is 3.76. The van der Waals surface area contributed by atoms with Crippen LogP contribution in [0.3, 0.4) is 0 Å². The first kappa shape index (κ1) is 18.6. The first-order chi connectivity index (χ1) is 13.0. The van der Waals surface area contributed by atoms with E-state index >= 15 is 0 Å². The third kappa shape index (κ3) is 4.32. The van der Waals surface area contributed by atoms with Gasteiger partial charge in [0.1, 0.15) is 22.1 Å². The van der Waals surface area contributed by atoms with Crippen molar-refractivity contribution in [3.05, 3.63) is 72.8 Å². The van der Waals surface area contributed by atoms with Gasteiger partial charge in [-0.1, -0.05) is 30.3 Å². The molecule has 3 rings (SSSR count). The molecule has 0 unspecified atom stereocenters. The van der Waals surface area contributed by atoms with Gasteiger partial charge in [0.25, 0.3) is 10.0 Å². The normalized spacial score (nSPS) is 10.9. The van der Waals surface area contributed by atoms with E-state index in [0.717, 1.165) is 0 Å². The molecule has 0 amide bonds. The molecule has 0 fully saturated rings. The Hall–Kier alpha value is -3.19. The Balaban J connectivity index is 1.93. The summed E-state index contributed by atoms with van der Waals surface area (Å²) in [4.78, 5) is 0.000291. The summed E-state index contributed by atoms with van der Waals surface area (Å²) in [5.74, 6) is 1.67. The molecule has 0 spiro atoms. The van der Waals surface area contributed by atoms with E-state index in [-0.39, 0.29) is 10.6 Å². The van der Waals surface area contributed by atoms with Gasteiger partial charge in [-0.15, -0.1) is 0 Å². The molecular weight excluding hydrogens is 366 g/mol. The Morgan fingerprint density at radius 3 is 2.15 bits per heavy atom. The SMILES string of the molecule is COc1ccc(S(=O)(=O)Nc2ccccc2Oc2ccccc2)c(OC)c1. The number of hydrogen-bond donors (Lipinski definition) is 1. The van der Waals surface area contributed by atoms with Crippen LogP contribution in [-0.4, -0.2) is 22.6 Å². The topological polar surface area (TPSA) is 73.9 Å². The van der Waals surface area contributed by atoms with E-state index in [2.05, 4.69) is 4.72 Å². The molecule has 1 N–H and O–H groups in total. The van der Waals surface area contributed by atoms with E-state index in [1.54, 1.807) is 42.5 Å². The highest BCUT2D eigenvalue weighted by Gasteiger charge is 2.22. The molecule has 0 aliphatic rings. The standard InChI is InChI=1S/C20H19NO5S/c1-24-16-12-13-20(19(14-16)25-2)27(22,23)21-17-10-6-7-11-18(17)26-15-8-4-3-5-9-15/h3-14,21H,1-2H3. The van der Waals surface area contributed by atoms with Gasteiger partial charge in [-0.05, 0) is 36.4 Å². The van der Waals surface area contributed by atoms with Gasteiger partial charge in [-0.3, -0.25) is 4.72 Å². The smallest absolute Gasteiger partial charge is 0.265 e. The summed E-state index contributed by atoms with van der Waals surface area (Å²) in [5, 5.41) is 0. The van der Waals surface area contributed by atoms with E-state index in [1.165, 1.54) is 26.4 Å². The molecule has 0 saturated heterocycles. The van der Waals surface area contributed by atoms with Crippen LogP contribution in [-0.2, 0) is 10.0 Å². The fraction of sp³-hybridized carbons (Fsp3) is 0.100. The molecule has 140 valence electrons. The molecule has 6 nitrogen and oxygen atoms in total. The molecule has 0 heterocycles. The summed E-state index contributed by atoms with van der Waals surface area (Å²) in [7, 11) is -1.00. The number of anilines is 1. The van der Waals surface area contributed by atoms with Crippen molar-refractivity contribution >= 4 is 15.7 Å². The minimum atomic E-state index is -3.91. The van der Waals surface area contributed by atoms with Crippen LogP contribution in [0.2, 0.25) is 0 Å². The molecule has 0 aliphatic heterocycles. The highest BCUT2D eigenvalue weighted by molar-refractivity contribution is 7.92. The molecule has 0 atom stereocenters. The van der Waals surface area contributed by atoms with Crippen LogP contribution < -0.4 is 18.9 Å². The van der Waals surface area contributed by atoms with Crippen LogP contribution in [0.15, 0.2) is 77.7 Å². The second kappa shape index (κ2) is 8.01. The zero-order valence-corrected chi connectivity index (χ0v) is 15.7. The Kier molecular flexibility index (Phi) is 5.52. The molecule has 0 radical (unpaired) electrons. The number of methoxy groups -OCH3 is 2. The molecule has 27 heavy (non-hydrogen) atoms. The van der Waals surface area contributed by atoms with Crippen LogP contribution in [0.4, 0.5) is 5.69 Å². The molecule has 0 aliphatic carbocycles. The Bertz CT molecular complexity index is 1020. The maximum Gasteiger partial charge on any atom is 0.265 e. The number of benzene rings is 3. The number of para-hydroxylation sites is 3. The van der Waals surface area contributed by atoms with Gasteiger partial charge in [-0.25, -0.2) is 8.42 Å². The lowest BCUT2D eigenvalue weighted by molar-refractivity contribution is 0.386. The maximum atomic E-state index is 12.9. The van der Waals surface area contributed by atoms with Crippen molar-refractivity contribution in [1.29, 1.82) is 0 Å². The Morgan fingerprint density at radius 1 is 0.741 bits per heavy atom. The van der Waals surface area contributed by atoms with Crippen molar-refractivity contribution in [2.75, 3.05) is 18.9 Å². The van der Waals surface area contributed by atoms with E-state index in [0.29, 0.717) is 22.9 Å². The van der Waals surface area contributed by atoms with Crippen molar-refractivity contribution in [2.45, 2.75) is 4.90 Å². The molecule has 0 bridgehead atoms. The number of sulfonamides is 1. The summed E-state index contributed by atoms with van der Waals surface area (Å²) in [6, 6.07) is 20.4. The quantitative estimate of drug-likeness (QED) is 0.656. The van der Waals surface area contributed by atoms with E-state index in [9.17, 15) is 8.42 Å². The van der Waals surface area contributed by atoms with Crippen molar-refractivity contribution < 1.29 is 22.6 Å².